The van der Waals surface area contributed by atoms with Crippen molar-refractivity contribution >= 4 is 32.4 Å². The number of hydrogen-bond acceptors (Lipinski definition) is 10. The molecule has 3 heterocycles. The molecule has 3 atom stereocenters. The summed E-state index contributed by atoms with van der Waals surface area (Å²) in [5, 5.41) is 24.7. The van der Waals surface area contributed by atoms with Crippen molar-refractivity contribution in [3.63, 3.8) is 0 Å². The van der Waals surface area contributed by atoms with E-state index in [0.29, 0.717) is 0 Å². The first kappa shape index (κ1) is 22.4. The van der Waals surface area contributed by atoms with Gasteiger partial charge in [-0.2, -0.15) is 0 Å². The number of halogens is 1. The highest BCUT2D eigenvalue weighted by Crippen LogP contribution is 2.30. The van der Waals surface area contributed by atoms with Crippen LogP contribution in [0.15, 0.2) is 60.7 Å². The number of nitrogens with one attached hydrogen (secondary N) is 1. The van der Waals surface area contributed by atoms with Crippen molar-refractivity contribution in [2.24, 2.45) is 0 Å². The van der Waals surface area contributed by atoms with Gasteiger partial charge in [0.25, 0.3) is 15.4 Å². The van der Waals surface area contributed by atoms with Crippen LogP contribution in [0.4, 0.5) is 0 Å². The first-order valence-corrected chi connectivity index (χ1v) is 11.6. The van der Waals surface area contributed by atoms with Crippen molar-refractivity contribution in [1.82, 2.24) is 14.7 Å². The molecule has 15 heteroatoms. The highest BCUT2D eigenvalue weighted by atomic mass is 127. The van der Waals surface area contributed by atoms with Crippen LogP contribution in [0, 0.1) is 8.78 Å². The van der Waals surface area contributed by atoms with Gasteiger partial charge in [0, 0.05) is 12.6 Å². The predicted octanol–water partition coefficient (Wildman–Crippen LogP) is -0.677. The molecule has 0 amide bonds. The van der Waals surface area contributed by atoms with Gasteiger partial charge in [0.1, 0.15) is 18.9 Å². The lowest BCUT2D eigenvalue weighted by Gasteiger charge is -2.15. The molecule has 2 aromatic heterocycles. The molecule has 0 saturated carbocycles. The average molecular weight is 578 g/mol. The lowest BCUT2D eigenvalue weighted by molar-refractivity contribution is -0.832. The summed E-state index contributed by atoms with van der Waals surface area (Å²) in [6, 6.07) is 7.17. The number of H-pyrrole nitrogens is 1. The van der Waals surface area contributed by atoms with Gasteiger partial charge in [-0.3, -0.25) is 19.0 Å². The van der Waals surface area contributed by atoms with Crippen molar-refractivity contribution in [1.29, 1.82) is 0 Å². The van der Waals surface area contributed by atoms with Crippen molar-refractivity contribution in [3.8, 4) is 5.88 Å². The van der Waals surface area contributed by atoms with Crippen molar-refractivity contribution in [3.05, 3.63) is 66.1 Å². The summed E-state index contributed by atoms with van der Waals surface area (Å²) in [6.07, 6.45) is -1.67. The van der Waals surface area contributed by atoms with Gasteiger partial charge in [0.15, 0.2) is 0 Å². The zero-order valence-corrected chi connectivity index (χ0v) is 18.9. The van der Waals surface area contributed by atoms with E-state index < -0.39 is 57.0 Å². The number of nitrogens with zero attached hydrogens (tertiary/aromatic N) is 3. The smallest absolute Gasteiger partial charge is 0.415 e. The van der Waals surface area contributed by atoms with Gasteiger partial charge >= 0.3 is 16.6 Å². The van der Waals surface area contributed by atoms with Gasteiger partial charge in [0.2, 0.25) is 0 Å². The first-order valence-electron chi connectivity index (χ1n) is 9.05. The number of aliphatic hydroxyl groups is 1. The molecule has 1 aliphatic rings. The third-order valence-corrected chi connectivity index (χ3v) is 7.17. The molecule has 3 aromatic rings. The maximum atomic E-state index is 12.8. The monoisotopic (exact) mass is 578 g/mol. The van der Waals surface area contributed by atoms with Gasteiger partial charge in [-0.25, -0.2) is 13.2 Å². The largest absolute Gasteiger partial charge is 0.452 e. The molecule has 13 nitrogen and oxygen atoms in total. The van der Waals surface area contributed by atoms with Gasteiger partial charge in [-0.05, 0) is 39.6 Å². The zero-order chi connectivity index (χ0) is 23.0. The Morgan fingerprint density at radius 3 is 2.78 bits per heavy atom. The van der Waals surface area contributed by atoms with Crippen LogP contribution in [0.25, 0.3) is 0 Å². The lowest BCUT2D eigenvalue weighted by atomic mass is 10.2. The average Bonchev–Trinajstić information content (AvgIpc) is 3.32. The van der Waals surface area contributed by atoms with Gasteiger partial charge < -0.3 is 19.8 Å². The molecule has 3 unspecified atom stereocenters. The Bertz CT molecular complexity index is 1350. The van der Waals surface area contributed by atoms with E-state index in [-0.39, 0.29) is 19.8 Å². The molecular formula is C17H15IN4O9S. The summed E-state index contributed by atoms with van der Waals surface area (Å²) in [5.74, 6) is -0.598. The summed E-state index contributed by atoms with van der Waals surface area (Å²) >= 11 is 1.75. The Kier molecular flexibility index (Phi) is 6.06. The number of aliphatic hydroxyl groups excluding tert-OH is 1. The van der Waals surface area contributed by atoms with Crippen LogP contribution in [-0.2, 0) is 14.6 Å². The van der Waals surface area contributed by atoms with E-state index in [1.54, 1.807) is 28.7 Å². The molecule has 4 rings (SSSR count). The summed E-state index contributed by atoms with van der Waals surface area (Å²) in [5.41, 5.74) is -1.26. The Labute approximate surface area is 192 Å². The second-order valence-corrected chi connectivity index (χ2v) is 9.77. The molecule has 0 aliphatic carbocycles. The summed E-state index contributed by atoms with van der Waals surface area (Å²) in [6.45, 7) is -0.392. The molecule has 170 valence electrons. The Morgan fingerprint density at radius 2 is 2.06 bits per heavy atom. The number of aromatic amines is 1. The molecule has 2 N–H and O–H groups in total. The number of ether oxygens (including phenoxy) is 2. The number of hydrogen-bond donors (Lipinski definition) is 2. The van der Waals surface area contributed by atoms with Gasteiger partial charge in [0.05, 0.1) is 19.7 Å². The van der Waals surface area contributed by atoms with Crippen LogP contribution in [0.5, 0.6) is 5.88 Å². The quantitative estimate of drug-likeness (QED) is 0.281. The molecule has 1 saturated heterocycles. The molecule has 1 fully saturated rings. The summed E-state index contributed by atoms with van der Waals surface area (Å²) in [4.78, 5) is 25.3. The fraction of sp³-hybridized carbons (Fsp3) is 0.294. The highest BCUT2D eigenvalue weighted by Gasteiger charge is 2.39. The standard InChI is InChI=1S/C17H15IN4O9S/c18-10-7-21(17(25)19-14(10)24)13-6-11(23)12(30-13)8-29-15-16(22(26)31-20-15)32(27,28)9-4-2-1-3-5-9/h1-5,7,11-13,23H,6,8H2,(H,19,24,25). The molecule has 0 radical (unpaired) electrons. The second-order valence-electron chi connectivity index (χ2n) is 6.74. The van der Waals surface area contributed by atoms with Crippen LogP contribution in [0.2, 0.25) is 0 Å². The highest BCUT2D eigenvalue weighted by molar-refractivity contribution is 14.1. The number of sulfone groups is 1. The first-order chi connectivity index (χ1) is 15.2. The lowest BCUT2D eigenvalue weighted by Crippen LogP contribution is -2.34. The molecule has 1 aliphatic heterocycles. The van der Waals surface area contributed by atoms with E-state index in [1.165, 1.54) is 30.5 Å². The minimum atomic E-state index is -4.30. The number of benzene rings is 1. The molecular weight excluding hydrogens is 563 g/mol. The minimum Gasteiger partial charge on any atom is -0.452 e. The van der Waals surface area contributed by atoms with E-state index in [4.69, 9.17) is 9.47 Å². The van der Waals surface area contributed by atoms with Crippen LogP contribution in [0.3, 0.4) is 0 Å². The van der Waals surface area contributed by atoms with Crippen molar-refractivity contribution in [2.75, 3.05) is 6.61 Å². The van der Waals surface area contributed by atoms with Crippen LogP contribution < -0.4 is 20.9 Å². The summed E-state index contributed by atoms with van der Waals surface area (Å²) in [7, 11) is -4.30. The fourth-order valence-corrected chi connectivity index (χ4v) is 4.84. The Hall–Kier alpha value is -2.76. The van der Waals surface area contributed by atoms with E-state index in [0.717, 1.165) is 4.57 Å². The fourth-order valence-electron chi connectivity index (χ4n) is 3.11. The SMILES string of the molecule is O=c1[nH]c(=O)n(C2CC(O)C(COc3no[n+]([O-])c3S(=O)(=O)c3ccccc3)O2)cc1I. The van der Waals surface area contributed by atoms with Gasteiger partial charge in [-0.1, -0.05) is 18.2 Å². The second kappa shape index (κ2) is 8.64. The van der Waals surface area contributed by atoms with E-state index in [2.05, 4.69) is 14.8 Å². The third-order valence-electron chi connectivity index (χ3n) is 4.68. The van der Waals surface area contributed by atoms with Crippen LogP contribution >= 0.6 is 22.6 Å². The normalized spacial score (nSPS) is 21.0. The number of rotatable bonds is 6. The van der Waals surface area contributed by atoms with Gasteiger partial charge in [-0.15, -0.1) is 0 Å². The van der Waals surface area contributed by atoms with Crippen molar-refractivity contribution in [2.45, 2.75) is 34.8 Å². The maximum absolute atomic E-state index is 12.8. The summed E-state index contributed by atoms with van der Waals surface area (Å²) < 4.78 is 42.3. The molecule has 1 aromatic carbocycles. The minimum absolute atomic E-state index is 0.00555. The topological polar surface area (TPSA) is 181 Å². The van der Waals surface area contributed by atoms with Crippen LogP contribution in [0.1, 0.15) is 12.6 Å². The van der Waals surface area contributed by atoms with E-state index in [9.17, 15) is 28.3 Å². The van der Waals surface area contributed by atoms with E-state index >= 15 is 0 Å². The number of aromatic nitrogens is 4. The predicted molar refractivity (Wildman–Crippen MR) is 111 cm³/mol. The Morgan fingerprint density at radius 1 is 1.34 bits per heavy atom. The Balaban J connectivity index is 1.53. The van der Waals surface area contributed by atoms with Crippen LogP contribution in [-0.4, -0.2) is 47.0 Å². The maximum Gasteiger partial charge on any atom is 0.415 e. The third kappa shape index (κ3) is 4.15. The van der Waals surface area contributed by atoms with E-state index in [1.807, 2.05) is 0 Å². The molecule has 0 bridgehead atoms. The zero-order valence-electron chi connectivity index (χ0n) is 16.0. The molecule has 32 heavy (non-hydrogen) atoms. The molecule has 0 spiro atoms. The van der Waals surface area contributed by atoms with Crippen molar-refractivity contribution < 1.29 is 32.5 Å².